The Balaban J connectivity index is 3.51. The van der Waals surface area contributed by atoms with Crippen molar-refractivity contribution >= 4 is 11.9 Å². The van der Waals surface area contributed by atoms with Crippen molar-refractivity contribution in [2.75, 3.05) is 13.2 Å². The van der Waals surface area contributed by atoms with Gasteiger partial charge in [-0.2, -0.15) is 0 Å². The van der Waals surface area contributed by atoms with Crippen LogP contribution in [0.25, 0.3) is 0 Å². The molecule has 0 aliphatic heterocycles. The van der Waals surface area contributed by atoms with Crippen LogP contribution in [0.1, 0.15) is 46.5 Å². The van der Waals surface area contributed by atoms with Crippen LogP contribution >= 0.6 is 0 Å². The first-order valence-corrected chi connectivity index (χ1v) is 5.92. The minimum Gasteiger partial charge on any atom is -0.464 e. The Morgan fingerprint density at radius 3 is 2.06 bits per heavy atom. The first-order valence-electron chi connectivity index (χ1n) is 5.92. The fourth-order valence-corrected chi connectivity index (χ4v) is 1.18. The molecule has 0 spiro atoms. The smallest absolute Gasteiger partial charge is 0.306 e. The zero-order valence-corrected chi connectivity index (χ0v) is 11.0. The molecule has 5 heteroatoms. The summed E-state index contributed by atoms with van der Waals surface area (Å²) in [7, 11) is 0. The predicted octanol–water partition coefficient (Wildman–Crippen LogP) is 1.39. The van der Waals surface area contributed by atoms with Gasteiger partial charge in [0.2, 0.25) is 0 Å². The van der Waals surface area contributed by atoms with Gasteiger partial charge in [0.15, 0.2) is 0 Å². The van der Waals surface area contributed by atoms with E-state index in [1.807, 2.05) is 20.8 Å². The molecule has 0 saturated heterocycles. The number of ether oxygens (including phenoxy) is 2. The van der Waals surface area contributed by atoms with E-state index in [2.05, 4.69) is 0 Å². The van der Waals surface area contributed by atoms with Crippen molar-refractivity contribution < 1.29 is 19.1 Å². The van der Waals surface area contributed by atoms with Crippen LogP contribution in [-0.2, 0) is 19.1 Å². The highest BCUT2D eigenvalue weighted by molar-refractivity contribution is 5.70. The van der Waals surface area contributed by atoms with Gasteiger partial charge in [0.25, 0.3) is 0 Å². The second-order valence-corrected chi connectivity index (χ2v) is 4.80. The van der Waals surface area contributed by atoms with Crippen LogP contribution in [-0.4, -0.2) is 30.7 Å². The van der Waals surface area contributed by atoms with Crippen molar-refractivity contribution in [2.45, 2.75) is 52.1 Å². The van der Waals surface area contributed by atoms with E-state index in [9.17, 15) is 9.59 Å². The molecule has 0 atom stereocenters. The molecule has 0 aliphatic carbocycles. The fraction of sp³-hybridized carbons (Fsp3) is 0.833. The molecule has 100 valence electrons. The summed E-state index contributed by atoms with van der Waals surface area (Å²) in [6, 6.07) is 0. The molecule has 2 N–H and O–H groups in total. The van der Waals surface area contributed by atoms with E-state index in [1.165, 1.54) is 0 Å². The third kappa shape index (κ3) is 11.2. The zero-order valence-electron chi connectivity index (χ0n) is 11.0. The number of carbonyl (C=O) groups excluding carboxylic acids is 2. The van der Waals surface area contributed by atoms with E-state index in [0.29, 0.717) is 32.2 Å². The molecule has 0 rings (SSSR count). The van der Waals surface area contributed by atoms with Crippen LogP contribution in [0.4, 0.5) is 0 Å². The van der Waals surface area contributed by atoms with Crippen molar-refractivity contribution in [3.05, 3.63) is 0 Å². The summed E-state index contributed by atoms with van der Waals surface area (Å²) >= 11 is 0. The molecule has 0 aromatic rings. The lowest BCUT2D eigenvalue weighted by atomic mass is 10.1. The molecule has 0 radical (unpaired) electrons. The number of carbonyl (C=O) groups is 2. The van der Waals surface area contributed by atoms with Gasteiger partial charge in [0.05, 0.1) is 0 Å². The molecule has 17 heavy (non-hydrogen) atoms. The third-order valence-corrected chi connectivity index (χ3v) is 1.81. The van der Waals surface area contributed by atoms with Gasteiger partial charge in [0, 0.05) is 19.4 Å². The maximum Gasteiger partial charge on any atom is 0.306 e. The Morgan fingerprint density at radius 1 is 1.06 bits per heavy atom. The summed E-state index contributed by atoms with van der Waals surface area (Å²) < 4.78 is 9.94. The van der Waals surface area contributed by atoms with Crippen LogP contribution in [0.5, 0.6) is 0 Å². The van der Waals surface area contributed by atoms with Crippen molar-refractivity contribution in [1.29, 1.82) is 0 Å². The highest BCUT2D eigenvalue weighted by atomic mass is 16.6. The Kier molecular flexibility index (Phi) is 7.54. The van der Waals surface area contributed by atoms with Gasteiger partial charge >= 0.3 is 11.9 Å². The number of esters is 2. The number of hydrogen-bond acceptors (Lipinski definition) is 5. The lowest BCUT2D eigenvalue weighted by Crippen LogP contribution is -2.23. The standard InChI is InChI=1S/C12H23NO4/c1-12(2,3)17-11(15)7-5-4-6-10(14)16-9-8-13/h4-9,13H2,1-3H3. The van der Waals surface area contributed by atoms with Crippen LogP contribution < -0.4 is 5.73 Å². The Hall–Kier alpha value is -1.10. The first kappa shape index (κ1) is 15.9. The zero-order chi connectivity index (χ0) is 13.3. The summed E-state index contributed by atoms with van der Waals surface area (Å²) in [5.74, 6) is -0.493. The lowest BCUT2D eigenvalue weighted by Gasteiger charge is -2.19. The molecule has 0 saturated carbocycles. The SMILES string of the molecule is CC(C)(C)OC(=O)CCCCC(=O)OCCN. The minimum absolute atomic E-state index is 0.229. The summed E-state index contributed by atoms with van der Waals surface area (Å²) in [5.41, 5.74) is 4.74. The van der Waals surface area contributed by atoms with Gasteiger partial charge in [-0.1, -0.05) is 0 Å². The summed E-state index contributed by atoms with van der Waals surface area (Å²) in [4.78, 5) is 22.4. The van der Waals surface area contributed by atoms with E-state index in [1.54, 1.807) is 0 Å². The number of unbranched alkanes of at least 4 members (excludes halogenated alkanes) is 1. The second-order valence-electron chi connectivity index (χ2n) is 4.80. The average molecular weight is 245 g/mol. The van der Waals surface area contributed by atoms with Crippen molar-refractivity contribution in [1.82, 2.24) is 0 Å². The number of nitrogens with two attached hydrogens (primary N) is 1. The Labute approximate surface area is 103 Å². The largest absolute Gasteiger partial charge is 0.464 e. The summed E-state index contributed by atoms with van der Waals surface area (Å²) in [6.45, 7) is 6.08. The number of hydrogen-bond donors (Lipinski definition) is 1. The molecule has 5 nitrogen and oxygen atoms in total. The van der Waals surface area contributed by atoms with Crippen molar-refractivity contribution in [3.63, 3.8) is 0 Å². The molecule has 0 fully saturated rings. The normalized spacial score (nSPS) is 11.1. The highest BCUT2D eigenvalue weighted by Gasteiger charge is 2.15. The van der Waals surface area contributed by atoms with Gasteiger partial charge in [-0.3, -0.25) is 9.59 Å². The molecule has 0 aromatic heterocycles. The molecule has 0 bridgehead atoms. The second kappa shape index (κ2) is 8.06. The summed E-state index contributed by atoms with van der Waals surface area (Å²) in [5, 5.41) is 0. The Morgan fingerprint density at radius 2 is 1.59 bits per heavy atom. The fourth-order valence-electron chi connectivity index (χ4n) is 1.18. The first-order chi connectivity index (χ1) is 7.85. The minimum atomic E-state index is -0.447. The van der Waals surface area contributed by atoms with Crippen LogP contribution in [0.2, 0.25) is 0 Å². The predicted molar refractivity (Wildman–Crippen MR) is 64.3 cm³/mol. The molecule has 0 aliphatic rings. The van der Waals surface area contributed by atoms with Crippen molar-refractivity contribution in [3.8, 4) is 0 Å². The molecule has 0 heterocycles. The van der Waals surface area contributed by atoms with Gasteiger partial charge < -0.3 is 15.2 Å². The lowest BCUT2D eigenvalue weighted by molar-refractivity contribution is -0.155. The maximum atomic E-state index is 11.3. The quantitative estimate of drug-likeness (QED) is 0.541. The molecular weight excluding hydrogens is 222 g/mol. The average Bonchev–Trinajstić information content (AvgIpc) is 2.19. The highest BCUT2D eigenvalue weighted by Crippen LogP contribution is 2.10. The van der Waals surface area contributed by atoms with E-state index in [-0.39, 0.29) is 18.5 Å². The van der Waals surface area contributed by atoms with Gasteiger partial charge in [-0.15, -0.1) is 0 Å². The summed E-state index contributed by atoms with van der Waals surface area (Å²) in [6.07, 6.45) is 1.92. The van der Waals surface area contributed by atoms with Crippen LogP contribution in [0, 0.1) is 0 Å². The Bertz CT molecular complexity index is 245. The van der Waals surface area contributed by atoms with E-state index >= 15 is 0 Å². The van der Waals surface area contributed by atoms with Gasteiger partial charge in [-0.05, 0) is 33.6 Å². The van der Waals surface area contributed by atoms with Gasteiger partial charge in [0.1, 0.15) is 12.2 Å². The van der Waals surface area contributed by atoms with Gasteiger partial charge in [-0.25, -0.2) is 0 Å². The molecule has 0 unspecified atom stereocenters. The van der Waals surface area contributed by atoms with Crippen LogP contribution in [0.15, 0.2) is 0 Å². The maximum absolute atomic E-state index is 11.3. The van der Waals surface area contributed by atoms with E-state index in [0.717, 1.165) is 0 Å². The van der Waals surface area contributed by atoms with E-state index < -0.39 is 5.60 Å². The monoisotopic (exact) mass is 245 g/mol. The molecular formula is C12H23NO4. The van der Waals surface area contributed by atoms with E-state index in [4.69, 9.17) is 15.2 Å². The number of rotatable bonds is 7. The third-order valence-electron chi connectivity index (χ3n) is 1.81. The van der Waals surface area contributed by atoms with Crippen LogP contribution in [0.3, 0.4) is 0 Å². The molecule has 0 aromatic carbocycles. The topological polar surface area (TPSA) is 78.6 Å². The van der Waals surface area contributed by atoms with Crippen molar-refractivity contribution in [2.24, 2.45) is 5.73 Å². The molecule has 0 amide bonds.